The first kappa shape index (κ1) is 18.6. The van der Waals surface area contributed by atoms with Gasteiger partial charge in [0.25, 0.3) is 0 Å². The molecule has 0 unspecified atom stereocenters. The van der Waals surface area contributed by atoms with Gasteiger partial charge in [-0.2, -0.15) is 0 Å². The number of hydrogen-bond acceptors (Lipinski definition) is 3. The van der Waals surface area contributed by atoms with Gasteiger partial charge >= 0.3 is 6.09 Å². The molecule has 5 nitrogen and oxygen atoms in total. The Kier molecular flexibility index (Phi) is 6.10. The molecule has 0 bridgehead atoms. The molecule has 0 spiro atoms. The lowest BCUT2D eigenvalue weighted by molar-refractivity contribution is -0.117. The molecule has 2 rings (SSSR count). The number of likely N-dealkylation sites (tertiary alicyclic amines) is 1. The van der Waals surface area contributed by atoms with E-state index in [1.54, 1.807) is 29.2 Å². The van der Waals surface area contributed by atoms with E-state index in [0.29, 0.717) is 24.5 Å². The molecular formula is C18H25ClN2O3. The summed E-state index contributed by atoms with van der Waals surface area (Å²) in [5.74, 6) is 0.282. The molecule has 1 aliphatic heterocycles. The second-order valence-electron chi connectivity index (χ2n) is 7.17. The molecule has 0 saturated carbocycles. The molecule has 2 amide bonds. The third-order valence-corrected chi connectivity index (χ3v) is 4.12. The summed E-state index contributed by atoms with van der Waals surface area (Å²) >= 11 is 5.83. The zero-order valence-corrected chi connectivity index (χ0v) is 15.2. The number of halogens is 1. The number of amides is 2. The van der Waals surface area contributed by atoms with Crippen molar-refractivity contribution in [3.63, 3.8) is 0 Å². The predicted molar refractivity (Wildman–Crippen MR) is 95.2 cm³/mol. The molecule has 1 saturated heterocycles. The number of carbonyl (C=O) groups is 2. The fourth-order valence-corrected chi connectivity index (χ4v) is 2.78. The Bertz CT molecular complexity index is 573. The van der Waals surface area contributed by atoms with Crippen molar-refractivity contribution in [1.82, 2.24) is 4.90 Å². The molecule has 24 heavy (non-hydrogen) atoms. The second kappa shape index (κ2) is 7.88. The summed E-state index contributed by atoms with van der Waals surface area (Å²) in [6.45, 7) is 6.85. The van der Waals surface area contributed by atoms with Crippen LogP contribution in [0.5, 0.6) is 0 Å². The summed E-state index contributed by atoms with van der Waals surface area (Å²) in [5.41, 5.74) is 0.266. The molecule has 132 valence electrons. The van der Waals surface area contributed by atoms with Gasteiger partial charge in [0.1, 0.15) is 5.60 Å². The van der Waals surface area contributed by atoms with Crippen LogP contribution in [-0.4, -0.2) is 35.6 Å². The van der Waals surface area contributed by atoms with E-state index >= 15 is 0 Å². The number of nitrogens with zero attached hydrogens (tertiary/aromatic N) is 1. The standard InChI is InChI=1S/C18H25ClN2O3/c1-18(2,3)24-17(23)21-10-8-13(9-11-21)12-16(22)20-15-6-4-14(19)5-7-15/h4-7,13H,8-12H2,1-3H3,(H,20,22). The Hall–Kier alpha value is -1.75. The summed E-state index contributed by atoms with van der Waals surface area (Å²) in [6.07, 6.45) is 1.82. The molecule has 1 N–H and O–H groups in total. The van der Waals surface area contributed by atoms with Gasteiger partial charge in [0.05, 0.1) is 0 Å². The van der Waals surface area contributed by atoms with E-state index in [0.717, 1.165) is 18.5 Å². The van der Waals surface area contributed by atoms with Crippen molar-refractivity contribution in [3.8, 4) is 0 Å². The Morgan fingerprint density at radius 2 is 1.79 bits per heavy atom. The Balaban J connectivity index is 1.75. The topological polar surface area (TPSA) is 58.6 Å². The van der Waals surface area contributed by atoms with E-state index in [2.05, 4.69) is 5.32 Å². The maximum Gasteiger partial charge on any atom is 0.410 e. The van der Waals surface area contributed by atoms with Crippen molar-refractivity contribution >= 4 is 29.3 Å². The van der Waals surface area contributed by atoms with Crippen LogP contribution >= 0.6 is 11.6 Å². The fraction of sp³-hybridized carbons (Fsp3) is 0.556. The zero-order chi connectivity index (χ0) is 17.7. The first-order chi connectivity index (χ1) is 11.2. The molecule has 1 heterocycles. The van der Waals surface area contributed by atoms with Gasteiger partial charge in [-0.1, -0.05) is 11.6 Å². The van der Waals surface area contributed by atoms with Gasteiger partial charge in [0, 0.05) is 30.2 Å². The number of benzene rings is 1. The van der Waals surface area contributed by atoms with Crippen LogP contribution in [0.15, 0.2) is 24.3 Å². The van der Waals surface area contributed by atoms with Gasteiger partial charge < -0.3 is 15.0 Å². The molecule has 1 fully saturated rings. The minimum atomic E-state index is -0.480. The number of piperidine rings is 1. The minimum absolute atomic E-state index is 0.00644. The number of carbonyl (C=O) groups excluding carboxylic acids is 2. The first-order valence-corrected chi connectivity index (χ1v) is 8.64. The molecule has 1 aromatic carbocycles. The lowest BCUT2D eigenvalue weighted by Gasteiger charge is -2.33. The molecule has 0 aliphatic carbocycles. The first-order valence-electron chi connectivity index (χ1n) is 8.26. The maximum atomic E-state index is 12.1. The molecule has 6 heteroatoms. The molecule has 1 aromatic rings. The lowest BCUT2D eigenvalue weighted by atomic mass is 9.93. The van der Waals surface area contributed by atoms with Crippen LogP contribution in [-0.2, 0) is 9.53 Å². The number of nitrogens with one attached hydrogen (secondary N) is 1. The van der Waals surface area contributed by atoms with Crippen LogP contribution in [0.1, 0.15) is 40.0 Å². The molecule has 0 atom stereocenters. The quantitative estimate of drug-likeness (QED) is 0.881. The summed E-state index contributed by atoms with van der Waals surface area (Å²) in [6, 6.07) is 7.06. The van der Waals surface area contributed by atoms with Crippen LogP contribution in [0.2, 0.25) is 5.02 Å². The molecular weight excluding hydrogens is 328 g/mol. The minimum Gasteiger partial charge on any atom is -0.444 e. The maximum absolute atomic E-state index is 12.1. The van der Waals surface area contributed by atoms with Crippen molar-refractivity contribution in [2.45, 2.75) is 45.6 Å². The predicted octanol–water partition coefficient (Wildman–Crippen LogP) is 4.32. The Morgan fingerprint density at radius 3 is 2.33 bits per heavy atom. The fourth-order valence-electron chi connectivity index (χ4n) is 2.65. The monoisotopic (exact) mass is 352 g/mol. The number of anilines is 1. The summed E-state index contributed by atoms with van der Waals surface area (Å²) < 4.78 is 5.38. The van der Waals surface area contributed by atoms with Gasteiger partial charge in [-0.3, -0.25) is 4.79 Å². The SMILES string of the molecule is CC(C)(C)OC(=O)N1CCC(CC(=O)Nc2ccc(Cl)cc2)CC1. The lowest BCUT2D eigenvalue weighted by Crippen LogP contribution is -2.42. The highest BCUT2D eigenvalue weighted by molar-refractivity contribution is 6.30. The van der Waals surface area contributed by atoms with Gasteiger partial charge in [0.2, 0.25) is 5.91 Å². The van der Waals surface area contributed by atoms with E-state index in [-0.39, 0.29) is 17.9 Å². The van der Waals surface area contributed by atoms with E-state index in [1.807, 2.05) is 20.8 Å². The average molecular weight is 353 g/mol. The van der Waals surface area contributed by atoms with Crippen molar-refractivity contribution in [2.24, 2.45) is 5.92 Å². The Labute approximate surface area is 148 Å². The number of ether oxygens (including phenoxy) is 1. The highest BCUT2D eigenvalue weighted by Crippen LogP contribution is 2.23. The van der Waals surface area contributed by atoms with Crippen LogP contribution in [0.3, 0.4) is 0 Å². The van der Waals surface area contributed by atoms with E-state index in [1.165, 1.54) is 0 Å². The smallest absolute Gasteiger partial charge is 0.410 e. The highest BCUT2D eigenvalue weighted by Gasteiger charge is 2.27. The van der Waals surface area contributed by atoms with Crippen molar-refractivity contribution in [2.75, 3.05) is 18.4 Å². The average Bonchev–Trinajstić information content (AvgIpc) is 2.48. The second-order valence-corrected chi connectivity index (χ2v) is 7.61. The largest absolute Gasteiger partial charge is 0.444 e. The van der Waals surface area contributed by atoms with E-state index in [9.17, 15) is 9.59 Å². The summed E-state index contributed by atoms with van der Waals surface area (Å²) in [7, 11) is 0. The van der Waals surface area contributed by atoms with Crippen molar-refractivity contribution < 1.29 is 14.3 Å². The van der Waals surface area contributed by atoms with Gasteiger partial charge in [0.15, 0.2) is 0 Å². The zero-order valence-electron chi connectivity index (χ0n) is 14.5. The van der Waals surface area contributed by atoms with Gasteiger partial charge in [-0.05, 0) is 63.8 Å². The van der Waals surface area contributed by atoms with E-state index in [4.69, 9.17) is 16.3 Å². The van der Waals surface area contributed by atoms with Crippen molar-refractivity contribution in [3.05, 3.63) is 29.3 Å². The van der Waals surface area contributed by atoms with Gasteiger partial charge in [-0.15, -0.1) is 0 Å². The normalized spacial score (nSPS) is 15.9. The molecule has 1 aliphatic rings. The van der Waals surface area contributed by atoms with Gasteiger partial charge in [-0.25, -0.2) is 4.79 Å². The van der Waals surface area contributed by atoms with Crippen LogP contribution in [0.4, 0.5) is 10.5 Å². The summed E-state index contributed by atoms with van der Waals surface area (Å²) in [4.78, 5) is 25.9. The van der Waals surface area contributed by atoms with E-state index < -0.39 is 5.60 Å². The molecule has 0 radical (unpaired) electrons. The van der Waals surface area contributed by atoms with Crippen LogP contribution in [0, 0.1) is 5.92 Å². The Morgan fingerprint density at radius 1 is 1.21 bits per heavy atom. The van der Waals surface area contributed by atoms with Crippen molar-refractivity contribution in [1.29, 1.82) is 0 Å². The van der Waals surface area contributed by atoms with Crippen LogP contribution in [0.25, 0.3) is 0 Å². The summed E-state index contributed by atoms with van der Waals surface area (Å²) in [5, 5.41) is 3.52. The van der Waals surface area contributed by atoms with Crippen LogP contribution < -0.4 is 5.32 Å². The number of hydrogen-bond donors (Lipinski definition) is 1. The highest BCUT2D eigenvalue weighted by atomic mass is 35.5. The molecule has 0 aromatic heterocycles. The third kappa shape index (κ3) is 6.04. The number of rotatable bonds is 3. The third-order valence-electron chi connectivity index (χ3n) is 3.87.